The molecule has 76 valence electrons. The molecule has 0 radical (unpaired) electrons. The molecule has 4 atom stereocenters. The zero-order valence-electron chi connectivity index (χ0n) is 9.04. The van der Waals surface area contributed by atoms with E-state index >= 15 is 0 Å². The number of ketones is 1. The van der Waals surface area contributed by atoms with Gasteiger partial charge in [-0.25, -0.2) is 0 Å². The van der Waals surface area contributed by atoms with Crippen LogP contribution in [0.4, 0.5) is 0 Å². The lowest BCUT2D eigenvalue weighted by atomic mass is 9.84. The molecule has 0 bridgehead atoms. The van der Waals surface area contributed by atoms with Crippen molar-refractivity contribution in [2.45, 2.75) is 52.7 Å². The highest BCUT2D eigenvalue weighted by molar-refractivity contribution is 5.75. The van der Waals surface area contributed by atoms with Gasteiger partial charge >= 0.3 is 0 Å². The van der Waals surface area contributed by atoms with E-state index in [2.05, 4.69) is 20.8 Å². The number of hydrogen-bond acceptors (Lipinski definition) is 2. The van der Waals surface area contributed by atoms with Gasteiger partial charge in [-0.1, -0.05) is 13.8 Å². The van der Waals surface area contributed by atoms with Crippen molar-refractivity contribution in [1.82, 2.24) is 0 Å². The molecule has 2 heteroatoms. The summed E-state index contributed by atoms with van der Waals surface area (Å²) in [5.74, 6) is 1.25. The van der Waals surface area contributed by atoms with Gasteiger partial charge in [0.15, 0.2) is 0 Å². The molecule has 1 heterocycles. The Balaban J connectivity index is 2.62. The molecular formula is C11H20O2. The first-order valence-corrected chi connectivity index (χ1v) is 5.21. The molecule has 13 heavy (non-hydrogen) atoms. The number of hydrogen-bond donors (Lipinski definition) is 0. The fourth-order valence-corrected chi connectivity index (χ4v) is 2.24. The fourth-order valence-electron chi connectivity index (χ4n) is 2.24. The second-order valence-electron chi connectivity index (χ2n) is 4.22. The second-order valence-corrected chi connectivity index (χ2v) is 4.22. The van der Waals surface area contributed by atoms with E-state index in [4.69, 9.17) is 4.74 Å². The van der Waals surface area contributed by atoms with Crippen LogP contribution in [-0.4, -0.2) is 18.0 Å². The van der Waals surface area contributed by atoms with E-state index in [0.29, 0.717) is 30.5 Å². The van der Waals surface area contributed by atoms with E-state index in [1.807, 2.05) is 0 Å². The van der Waals surface area contributed by atoms with Gasteiger partial charge in [-0.3, -0.25) is 0 Å². The van der Waals surface area contributed by atoms with Crippen LogP contribution in [0.2, 0.25) is 0 Å². The number of Topliss-reactive ketones (excluding diaryl/α,β-unsaturated/α-hetero) is 1. The first-order chi connectivity index (χ1) is 6.06. The zero-order valence-corrected chi connectivity index (χ0v) is 9.04. The van der Waals surface area contributed by atoms with Crippen LogP contribution < -0.4 is 0 Å². The lowest BCUT2D eigenvalue weighted by molar-refractivity contribution is -0.118. The molecule has 1 saturated heterocycles. The zero-order chi connectivity index (χ0) is 10.0. The molecule has 0 saturated carbocycles. The number of ether oxygens (including phenoxy) is 1. The SMILES string of the molecule is CC[C@@H]1O[C@@H](C)[C@@H](C)[C@H]1CC(C)=O. The number of rotatable bonds is 3. The smallest absolute Gasteiger partial charge is 0.130 e. The van der Waals surface area contributed by atoms with Crippen molar-refractivity contribution < 1.29 is 9.53 Å². The van der Waals surface area contributed by atoms with Gasteiger partial charge in [-0.2, -0.15) is 0 Å². The number of carbonyl (C=O) groups excluding carboxylic acids is 1. The average Bonchev–Trinajstić information content (AvgIpc) is 2.31. The Kier molecular flexibility index (Phi) is 3.48. The van der Waals surface area contributed by atoms with E-state index in [-0.39, 0.29) is 5.78 Å². The van der Waals surface area contributed by atoms with Crippen LogP contribution in [0.3, 0.4) is 0 Å². The molecule has 1 fully saturated rings. The van der Waals surface area contributed by atoms with Crippen molar-refractivity contribution in [2.75, 3.05) is 0 Å². The van der Waals surface area contributed by atoms with Crippen LogP contribution in [-0.2, 0) is 9.53 Å². The van der Waals surface area contributed by atoms with Crippen LogP contribution in [0.1, 0.15) is 40.5 Å². The summed E-state index contributed by atoms with van der Waals surface area (Å²) in [7, 11) is 0. The van der Waals surface area contributed by atoms with Gasteiger partial charge in [0.25, 0.3) is 0 Å². The van der Waals surface area contributed by atoms with Gasteiger partial charge in [0.2, 0.25) is 0 Å². The quantitative estimate of drug-likeness (QED) is 0.673. The Morgan fingerprint density at radius 2 is 2.00 bits per heavy atom. The summed E-state index contributed by atoms with van der Waals surface area (Å²) in [6.07, 6.45) is 2.32. The maximum atomic E-state index is 11.1. The Morgan fingerprint density at radius 3 is 2.46 bits per heavy atom. The summed E-state index contributed by atoms with van der Waals surface area (Å²) in [5, 5.41) is 0. The van der Waals surface area contributed by atoms with E-state index in [1.165, 1.54) is 0 Å². The summed E-state index contributed by atoms with van der Waals surface area (Å²) >= 11 is 0. The fraction of sp³-hybridized carbons (Fsp3) is 0.909. The van der Waals surface area contributed by atoms with E-state index in [9.17, 15) is 4.79 Å². The molecular weight excluding hydrogens is 164 g/mol. The summed E-state index contributed by atoms with van der Waals surface area (Å²) in [6.45, 7) is 8.09. The lowest BCUT2D eigenvalue weighted by Crippen LogP contribution is -2.21. The summed E-state index contributed by atoms with van der Waals surface area (Å²) in [4.78, 5) is 11.1. The molecule has 0 N–H and O–H groups in total. The minimum Gasteiger partial charge on any atom is -0.375 e. The Morgan fingerprint density at radius 1 is 1.38 bits per heavy atom. The third-order valence-corrected chi connectivity index (χ3v) is 3.21. The third kappa shape index (κ3) is 2.31. The first kappa shape index (κ1) is 10.7. The van der Waals surface area contributed by atoms with Crippen molar-refractivity contribution in [3.8, 4) is 0 Å². The van der Waals surface area contributed by atoms with E-state index < -0.39 is 0 Å². The normalized spacial score (nSPS) is 39.4. The van der Waals surface area contributed by atoms with Crippen molar-refractivity contribution in [3.05, 3.63) is 0 Å². The highest BCUT2D eigenvalue weighted by Crippen LogP contribution is 2.36. The van der Waals surface area contributed by atoms with Crippen LogP contribution >= 0.6 is 0 Å². The first-order valence-electron chi connectivity index (χ1n) is 5.21. The van der Waals surface area contributed by atoms with Crippen LogP contribution in [0.25, 0.3) is 0 Å². The molecule has 0 amide bonds. The van der Waals surface area contributed by atoms with Crippen LogP contribution in [0.5, 0.6) is 0 Å². The van der Waals surface area contributed by atoms with E-state index in [1.54, 1.807) is 6.92 Å². The summed E-state index contributed by atoms with van der Waals surface area (Å²) in [6, 6.07) is 0. The average molecular weight is 184 g/mol. The highest BCUT2D eigenvalue weighted by atomic mass is 16.5. The van der Waals surface area contributed by atoms with Gasteiger partial charge < -0.3 is 9.53 Å². The van der Waals surface area contributed by atoms with Crippen molar-refractivity contribution >= 4 is 5.78 Å². The Hall–Kier alpha value is -0.370. The molecule has 0 aromatic rings. The topological polar surface area (TPSA) is 26.3 Å². The molecule has 0 unspecified atom stereocenters. The molecule has 2 nitrogen and oxygen atoms in total. The number of carbonyl (C=O) groups is 1. The minimum absolute atomic E-state index is 0.285. The van der Waals surface area contributed by atoms with Crippen molar-refractivity contribution in [2.24, 2.45) is 11.8 Å². The molecule has 0 aromatic heterocycles. The molecule has 1 aliphatic rings. The van der Waals surface area contributed by atoms with E-state index in [0.717, 1.165) is 6.42 Å². The molecule has 0 aliphatic carbocycles. The maximum absolute atomic E-state index is 11.1. The lowest BCUT2D eigenvalue weighted by Gasteiger charge is -2.18. The molecule has 1 rings (SSSR count). The molecule has 1 aliphatic heterocycles. The van der Waals surface area contributed by atoms with Gasteiger partial charge in [0.05, 0.1) is 12.2 Å². The predicted octanol–water partition coefficient (Wildman–Crippen LogP) is 2.42. The minimum atomic E-state index is 0.285. The monoisotopic (exact) mass is 184 g/mol. The third-order valence-electron chi connectivity index (χ3n) is 3.21. The molecule has 0 spiro atoms. The van der Waals surface area contributed by atoms with Gasteiger partial charge in [0, 0.05) is 6.42 Å². The van der Waals surface area contributed by atoms with Crippen molar-refractivity contribution in [1.29, 1.82) is 0 Å². The highest BCUT2D eigenvalue weighted by Gasteiger charge is 2.38. The standard InChI is InChI=1S/C11H20O2/c1-5-11-10(6-7(2)12)8(3)9(4)13-11/h8-11H,5-6H2,1-4H3/t8-,9+,10-,11+/m1/s1. The molecule has 0 aromatic carbocycles. The largest absolute Gasteiger partial charge is 0.375 e. The Labute approximate surface area is 80.7 Å². The summed E-state index contributed by atoms with van der Waals surface area (Å²) < 4.78 is 5.78. The maximum Gasteiger partial charge on any atom is 0.130 e. The van der Waals surface area contributed by atoms with Crippen LogP contribution in [0, 0.1) is 11.8 Å². The Bertz CT molecular complexity index is 189. The summed E-state index contributed by atoms with van der Waals surface area (Å²) in [5.41, 5.74) is 0. The van der Waals surface area contributed by atoms with Gasteiger partial charge in [0.1, 0.15) is 5.78 Å². The van der Waals surface area contributed by atoms with Gasteiger partial charge in [-0.15, -0.1) is 0 Å². The van der Waals surface area contributed by atoms with Gasteiger partial charge in [-0.05, 0) is 32.1 Å². The van der Waals surface area contributed by atoms with Crippen molar-refractivity contribution in [3.63, 3.8) is 0 Å². The predicted molar refractivity (Wildman–Crippen MR) is 52.6 cm³/mol. The second kappa shape index (κ2) is 4.23. The van der Waals surface area contributed by atoms with Crippen LogP contribution in [0.15, 0.2) is 0 Å².